The first-order chi connectivity index (χ1) is 14.9. The zero-order chi connectivity index (χ0) is 22.0. The highest BCUT2D eigenvalue weighted by Gasteiger charge is 2.44. The van der Waals surface area contributed by atoms with E-state index in [0.29, 0.717) is 12.8 Å². The first-order valence-corrected chi connectivity index (χ1v) is 11.6. The average Bonchev–Trinajstić information content (AvgIpc) is 2.75. The van der Waals surface area contributed by atoms with Crippen LogP contribution in [-0.4, -0.2) is 37.2 Å². The molecule has 2 fully saturated rings. The maximum absolute atomic E-state index is 13.3. The van der Waals surface area contributed by atoms with Crippen molar-refractivity contribution in [2.24, 2.45) is 0 Å². The number of barbiturate groups is 1. The molecule has 31 heavy (non-hydrogen) atoms. The molecule has 0 radical (unpaired) electrons. The highest BCUT2D eigenvalue weighted by molar-refractivity contribution is 7.87. The van der Waals surface area contributed by atoms with Gasteiger partial charge in [-0.3, -0.25) is 14.5 Å². The summed E-state index contributed by atoms with van der Waals surface area (Å²) in [5, 5.41) is 0. The topological polar surface area (TPSA) is 101 Å². The number of imide groups is 2. The van der Waals surface area contributed by atoms with E-state index in [4.69, 9.17) is 4.18 Å². The Balaban J connectivity index is 1.71. The zero-order valence-corrected chi connectivity index (χ0v) is 17.6. The summed E-state index contributed by atoms with van der Waals surface area (Å²) in [6.45, 7) is 0. The molecule has 4 rings (SSSR count). The Morgan fingerprint density at radius 1 is 0.806 bits per heavy atom. The summed E-state index contributed by atoms with van der Waals surface area (Å²) in [5.74, 6) is -1.20. The minimum absolute atomic E-state index is 0.104. The molecule has 0 bridgehead atoms. The minimum Gasteiger partial charge on any atom is -0.379 e. The van der Waals surface area contributed by atoms with Gasteiger partial charge in [0.2, 0.25) is 11.8 Å². The number of hydrogen-bond acceptors (Lipinski definition) is 6. The highest BCUT2D eigenvalue weighted by Crippen LogP contribution is 2.33. The molecule has 9 heteroatoms. The molecule has 4 amide bonds. The van der Waals surface area contributed by atoms with Gasteiger partial charge in [-0.15, -0.1) is 0 Å². The molecule has 0 N–H and O–H groups in total. The van der Waals surface area contributed by atoms with E-state index in [1.807, 2.05) is 0 Å². The third kappa shape index (κ3) is 4.18. The number of carbonyl (C=O) groups excluding carboxylic acids is 3. The second-order valence-corrected chi connectivity index (χ2v) is 9.08. The van der Waals surface area contributed by atoms with Gasteiger partial charge in [0.15, 0.2) is 0 Å². The fourth-order valence-electron chi connectivity index (χ4n) is 4.05. The van der Waals surface area contributed by atoms with Crippen molar-refractivity contribution < 1.29 is 27.0 Å². The lowest BCUT2D eigenvalue weighted by molar-refractivity contribution is -0.136. The van der Waals surface area contributed by atoms with Crippen LogP contribution in [0.2, 0.25) is 0 Å². The smallest absolute Gasteiger partial charge is 0.341 e. The molecule has 0 spiro atoms. The van der Waals surface area contributed by atoms with E-state index in [1.165, 1.54) is 36.4 Å². The lowest BCUT2D eigenvalue weighted by atomic mass is 9.93. The summed E-state index contributed by atoms with van der Waals surface area (Å²) in [7, 11) is -4.35. The lowest BCUT2D eigenvalue weighted by Crippen LogP contribution is -2.59. The van der Waals surface area contributed by atoms with E-state index in [0.717, 1.165) is 29.1 Å². The van der Waals surface area contributed by atoms with Crippen LogP contribution in [0.15, 0.2) is 59.5 Å². The van der Waals surface area contributed by atoms with E-state index < -0.39 is 34.4 Å². The summed E-state index contributed by atoms with van der Waals surface area (Å²) >= 11 is 0. The van der Waals surface area contributed by atoms with Crippen LogP contribution in [-0.2, 0) is 19.7 Å². The Morgan fingerprint density at radius 2 is 1.45 bits per heavy atom. The van der Waals surface area contributed by atoms with Crippen molar-refractivity contribution in [3.63, 3.8) is 0 Å². The first kappa shape index (κ1) is 21.0. The second kappa shape index (κ2) is 8.50. The van der Waals surface area contributed by atoms with Gasteiger partial charge in [-0.05, 0) is 37.1 Å². The Labute approximate surface area is 180 Å². The molecule has 8 nitrogen and oxygen atoms in total. The van der Waals surface area contributed by atoms with Crippen molar-refractivity contribution in [1.29, 1.82) is 0 Å². The SMILES string of the molecule is O=C1CC(=O)N(C2CCCCC2)C(=O)N1c1ccccc1S(=O)(=O)Oc1ccccc1. The molecule has 1 saturated heterocycles. The van der Waals surface area contributed by atoms with Crippen LogP contribution in [0.25, 0.3) is 0 Å². The summed E-state index contributed by atoms with van der Waals surface area (Å²) < 4.78 is 31.1. The third-order valence-electron chi connectivity index (χ3n) is 5.48. The number of para-hydroxylation sites is 2. The highest BCUT2D eigenvalue weighted by atomic mass is 32.2. The molecule has 2 aromatic rings. The number of rotatable bonds is 5. The van der Waals surface area contributed by atoms with Crippen LogP contribution in [0, 0.1) is 0 Å². The van der Waals surface area contributed by atoms with Crippen molar-refractivity contribution in [2.45, 2.75) is 49.5 Å². The number of hydrogen-bond donors (Lipinski definition) is 0. The van der Waals surface area contributed by atoms with Crippen molar-refractivity contribution in [3.8, 4) is 5.75 Å². The van der Waals surface area contributed by atoms with Gasteiger partial charge >= 0.3 is 16.1 Å². The van der Waals surface area contributed by atoms with Gasteiger partial charge in [0.1, 0.15) is 17.1 Å². The molecule has 2 aliphatic rings. The largest absolute Gasteiger partial charge is 0.379 e. The second-order valence-electron chi connectivity index (χ2n) is 7.56. The molecular formula is C22H22N2O6S. The first-order valence-electron chi connectivity index (χ1n) is 10.2. The molecule has 0 atom stereocenters. The van der Waals surface area contributed by atoms with E-state index in [1.54, 1.807) is 18.2 Å². The van der Waals surface area contributed by atoms with Crippen molar-refractivity contribution in [1.82, 2.24) is 4.90 Å². The number of urea groups is 1. The van der Waals surface area contributed by atoms with Crippen LogP contribution >= 0.6 is 0 Å². The lowest BCUT2D eigenvalue weighted by Gasteiger charge is -2.39. The van der Waals surface area contributed by atoms with Crippen LogP contribution in [0.1, 0.15) is 38.5 Å². The average molecular weight is 442 g/mol. The summed E-state index contributed by atoms with van der Waals surface area (Å²) in [6, 6.07) is 12.5. The number of carbonyl (C=O) groups is 3. The summed E-state index contributed by atoms with van der Waals surface area (Å²) in [5.41, 5.74) is -0.123. The maximum Gasteiger partial charge on any atom is 0.341 e. The van der Waals surface area contributed by atoms with Gasteiger partial charge in [-0.2, -0.15) is 8.42 Å². The van der Waals surface area contributed by atoms with Crippen molar-refractivity contribution in [2.75, 3.05) is 4.90 Å². The van der Waals surface area contributed by atoms with Gasteiger partial charge in [-0.25, -0.2) is 9.69 Å². The zero-order valence-electron chi connectivity index (χ0n) is 16.8. The molecule has 1 heterocycles. The van der Waals surface area contributed by atoms with Crippen molar-refractivity contribution in [3.05, 3.63) is 54.6 Å². The third-order valence-corrected chi connectivity index (χ3v) is 6.78. The fourth-order valence-corrected chi connectivity index (χ4v) is 5.17. The van der Waals surface area contributed by atoms with E-state index in [2.05, 4.69) is 0 Å². The van der Waals surface area contributed by atoms with Gasteiger partial charge < -0.3 is 4.18 Å². The van der Waals surface area contributed by atoms with Crippen LogP contribution in [0.5, 0.6) is 5.75 Å². The Morgan fingerprint density at radius 3 is 2.16 bits per heavy atom. The number of anilines is 1. The summed E-state index contributed by atoms with van der Waals surface area (Å²) in [4.78, 5) is 40.1. The molecule has 1 saturated carbocycles. The monoisotopic (exact) mass is 442 g/mol. The Hall–Kier alpha value is -3.20. The van der Waals surface area contributed by atoms with Gasteiger partial charge in [-0.1, -0.05) is 49.6 Å². The molecule has 1 aliphatic heterocycles. The predicted octanol–water partition coefficient (Wildman–Crippen LogP) is 3.47. The normalized spacial score (nSPS) is 18.4. The minimum atomic E-state index is -4.35. The van der Waals surface area contributed by atoms with E-state index in [9.17, 15) is 22.8 Å². The predicted molar refractivity (Wildman–Crippen MR) is 112 cm³/mol. The van der Waals surface area contributed by atoms with Gasteiger partial charge in [0.25, 0.3) is 0 Å². The molecule has 0 aromatic heterocycles. The standard InChI is InChI=1S/C22H22N2O6S/c25-20-15-21(26)24(22(27)23(20)16-9-3-1-4-10-16)18-13-7-8-14-19(18)31(28,29)30-17-11-5-2-6-12-17/h2,5-8,11-14,16H,1,3-4,9-10,15H2. The molecule has 0 unspecified atom stereocenters. The van der Waals surface area contributed by atoms with Gasteiger partial charge in [0, 0.05) is 6.04 Å². The quantitative estimate of drug-likeness (QED) is 0.519. The Bertz CT molecular complexity index is 1110. The number of benzene rings is 2. The maximum atomic E-state index is 13.3. The molecule has 2 aromatic carbocycles. The van der Waals surface area contributed by atoms with Crippen LogP contribution in [0.3, 0.4) is 0 Å². The van der Waals surface area contributed by atoms with Crippen LogP contribution < -0.4 is 9.08 Å². The van der Waals surface area contributed by atoms with E-state index in [-0.39, 0.29) is 22.4 Å². The number of amides is 4. The Kier molecular flexibility index (Phi) is 5.77. The van der Waals surface area contributed by atoms with Crippen molar-refractivity contribution >= 4 is 33.7 Å². The fraction of sp³-hybridized carbons (Fsp3) is 0.318. The van der Waals surface area contributed by atoms with Crippen LogP contribution in [0.4, 0.5) is 10.5 Å². The summed E-state index contributed by atoms with van der Waals surface area (Å²) in [6.07, 6.45) is 3.69. The molecule has 162 valence electrons. The van der Waals surface area contributed by atoms with Gasteiger partial charge in [0.05, 0.1) is 5.69 Å². The molecule has 1 aliphatic carbocycles. The molecular weight excluding hydrogens is 420 g/mol. The van der Waals surface area contributed by atoms with E-state index >= 15 is 0 Å². The number of nitrogens with zero attached hydrogens (tertiary/aromatic N) is 2.